The maximum atomic E-state index is 5.41. The molecule has 0 radical (unpaired) electrons. The van der Waals surface area contributed by atoms with Gasteiger partial charge in [-0.25, -0.2) is 0 Å². The number of unbranched alkanes of at least 4 members (excludes halogenated alkanes) is 1. The summed E-state index contributed by atoms with van der Waals surface area (Å²) >= 11 is 0. The predicted octanol–water partition coefficient (Wildman–Crippen LogP) is 2.41. The summed E-state index contributed by atoms with van der Waals surface area (Å²) in [4.78, 5) is 2.31. The minimum Gasteiger partial charge on any atom is -0.500 e. The van der Waals surface area contributed by atoms with Gasteiger partial charge in [-0.05, 0) is 31.9 Å². The van der Waals surface area contributed by atoms with E-state index >= 15 is 0 Å². The third kappa shape index (κ3) is 3.03. The molecule has 0 aliphatic carbocycles. The Bertz CT molecular complexity index is 187. The molecule has 0 bridgehead atoms. The van der Waals surface area contributed by atoms with Crippen LogP contribution >= 0.6 is 0 Å². The van der Waals surface area contributed by atoms with Crippen molar-refractivity contribution in [3.05, 3.63) is 11.3 Å². The second kappa shape index (κ2) is 5.28. The van der Waals surface area contributed by atoms with Gasteiger partial charge in [0.2, 0.25) is 0 Å². The van der Waals surface area contributed by atoms with Crippen molar-refractivity contribution in [2.45, 2.75) is 32.6 Å². The molecule has 1 heterocycles. The molecule has 0 aromatic rings. The fourth-order valence-corrected chi connectivity index (χ4v) is 1.76. The molecular weight excluding hydrogens is 162 g/mol. The van der Waals surface area contributed by atoms with E-state index in [1.54, 1.807) is 12.7 Å². The lowest BCUT2D eigenvalue weighted by atomic mass is 10.0. The summed E-state index contributed by atoms with van der Waals surface area (Å²) in [5, 5.41) is 0. The maximum absolute atomic E-state index is 5.41. The van der Waals surface area contributed by atoms with Gasteiger partial charge >= 0.3 is 0 Å². The normalized spacial score (nSPS) is 19.3. The summed E-state index contributed by atoms with van der Waals surface area (Å²) in [6.45, 7) is 4.42. The van der Waals surface area contributed by atoms with Crippen molar-refractivity contribution in [1.29, 1.82) is 0 Å². The molecule has 1 aliphatic rings. The highest BCUT2D eigenvalue weighted by Crippen LogP contribution is 2.22. The monoisotopic (exact) mass is 183 g/mol. The third-order valence-electron chi connectivity index (χ3n) is 2.68. The standard InChI is InChI=1S/C11H21NO/c1-4-5-6-10-7-8-12(2)9-11(10)13-3/h4-9H2,1-3H3. The van der Waals surface area contributed by atoms with Crippen LogP contribution in [0.2, 0.25) is 0 Å². The van der Waals surface area contributed by atoms with Gasteiger partial charge in [-0.3, -0.25) is 4.90 Å². The molecule has 0 saturated heterocycles. The Balaban J connectivity index is 2.54. The first-order chi connectivity index (χ1) is 6.27. The average molecular weight is 183 g/mol. The molecular formula is C11H21NO. The lowest BCUT2D eigenvalue weighted by Crippen LogP contribution is -2.28. The second-order valence-electron chi connectivity index (χ2n) is 3.82. The first-order valence-corrected chi connectivity index (χ1v) is 5.21. The molecule has 0 aromatic carbocycles. The van der Waals surface area contributed by atoms with Gasteiger partial charge in [0, 0.05) is 6.54 Å². The summed E-state index contributed by atoms with van der Waals surface area (Å²) in [6.07, 6.45) is 5.00. The Kier molecular flexibility index (Phi) is 4.29. The molecule has 0 amide bonds. The summed E-state index contributed by atoms with van der Waals surface area (Å²) in [5.74, 6) is 1.21. The smallest absolute Gasteiger partial charge is 0.109 e. The van der Waals surface area contributed by atoms with E-state index < -0.39 is 0 Å². The predicted molar refractivity (Wildman–Crippen MR) is 55.7 cm³/mol. The molecule has 13 heavy (non-hydrogen) atoms. The lowest BCUT2D eigenvalue weighted by Gasteiger charge is -2.26. The minimum absolute atomic E-state index is 0.996. The molecule has 1 aliphatic heterocycles. The van der Waals surface area contributed by atoms with Crippen LogP contribution < -0.4 is 0 Å². The molecule has 0 aromatic heterocycles. The van der Waals surface area contributed by atoms with Crippen LogP contribution in [0.4, 0.5) is 0 Å². The van der Waals surface area contributed by atoms with Crippen LogP contribution in [-0.2, 0) is 4.74 Å². The summed E-state index contributed by atoms with van der Waals surface area (Å²) < 4.78 is 5.41. The van der Waals surface area contributed by atoms with Crippen molar-refractivity contribution in [3.8, 4) is 0 Å². The highest BCUT2D eigenvalue weighted by molar-refractivity contribution is 5.13. The molecule has 2 heteroatoms. The van der Waals surface area contributed by atoms with Crippen molar-refractivity contribution >= 4 is 0 Å². The summed E-state index contributed by atoms with van der Waals surface area (Å²) in [7, 11) is 3.94. The fourth-order valence-electron chi connectivity index (χ4n) is 1.76. The average Bonchev–Trinajstić information content (AvgIpc) is 2.16. The number of ether oxygens (including phenoxy) is 1. The van der Waals surface area contributed by atoms with Gasteiger partial charge in [0.05, 0.1) is 13.7 Å². The van der Waals surface area contributed by atoms with E-state index in [1.807, 2.05) is 0 Å². The van der Waals surface area contributed by atoms with Crippen LogP contribution in [0, 0.1) is 0 Å². The minimum atomic E-state index is 0.996. The first kappa shape index (κ1) is 10.6. The van der Waals surface area contributed by atoms with E-state index in [4.69, 9.17) is 4.74 Å². The van der Waals surface area contributed by atoms with Gasteiger partial charge in [-0.1, -0.05) is 13.3 Å². The zero-order valence-corrected chi connectivity index (χ0v) is 9.10. The molecule has 0 N–H and O–H groups in total. The van der Waals surface area contributed by atoms with Crippen LogP contribution in [0.3, 0.4) is 0 Å². The molecule has 0 atom stereocenters. The molecule has 76 valence electrons. The zero-order valence-electron chi connectivity index (χ0n) is 9.10. The topological polar surface area (TPSA) is 12.5 Å². The Labute approximate surface area is 81.6 Å². The summed E-state index contributed by atoms with van der Waals surface area (Å²) in [5.41, 5.74) is 1.54. The highest BCUT2D eigenvalue weighted by Gasteiger charge is 2.15. The third-order valence-corrected chi connectivity index (χ3v) is 2.68. The number of rotatable bonds is 4. The molecule has 0 spiro atoms. The SMILES string of the molecule is CCCCC1=C(OC)CN(C)CC1. The fraction of sp³-hybridized carbons (Fsp3) is 0.818. The number of hydrogen-bond acceptors (Lipinski definition) is 2. The number of nitrogens with zero attached hydrogens (tertiary/aromatic N) is 1. The number of likely N-dealkylation sites (N-methyl/N-ethyl adjacent to an activating group) is 1. The van der Waals surface area contributed by atoms with Crippen molar-refractivity contribution in [2.75, 3.05) is 27.2 Å². The van der Waals surface area contributed by atoms with Crippen LogP contribution in [0.25, 0.3) is 0 Å². The van der Waals surface area contributed by atoms with Gasteiger partial charge in [-0.15, -0.1) is 0 Å². The van der Waals surface area contributed by atoms with E-state index in [2.05, 4.69) is 18.9 Å². The van der Waals surface area contributed by atoms with Crippen molar-refractivity contribution < 1.29 is 4.74 Å². The Morgan fingerprint density at radius 2 is 2.23 bits per heavy atom. The lowest BCUT2D eigenvalue weighted by molar-refractivity contribution is 0.211. The van der Waals surface area contributed by atoms with Crippen LogP contribution in [0.1, 0.15) is 32.6 Å². The Hall–Kier alpha value is -0.500. The van der Waals surface area contributed by atoms with Crippen molar-refractivity contribution in [2.24, 2.45) is 0 Å². The van der Waals surface area contributed by atoms with Gasteiger partial charge in [-0.2, -0.15) is 0 Å². The van der Waals surface area contributed by atoms with Gasteiger partial charge in [0.25, 0.3) is 0 Å². The van der Waals surface area contributed by atoms with E-state index in [1.165, 1.54) is 38.0 Å². The van der Waals surface area contributed by atoms with E-state index in [0.717, 1.165) is 6.54 Å². The second-order valence-corrected chi connectivity index (χ2v) is 3.82. The quantitative estimate of drug-likeness (QED) is 0.663. The van der Waals surface area contributed by atoms with Crippen molar-refractivity contribution in [3.63, 3.8) is 0 Å². The van der Waals surface area contributed by atoms with Gasteiger partial charge in [0.1, 0.15) is 5.76 Å². The van der Waals surface area contributed by atoms with Crippen LogP contribution in [0.15, 0.2) is 11.3 Å². The molecule has 0 fully saturated rings. The first-order valence-electron chi connectivity index (χ1n) is 5.21. The summed E-state index contributed by atoms with van der Waals surface area (Å²) in [6, 6.07) is 0. The molecule has 0 saturated carbocycles. The molecule has 1 rings (SSSR count). The largest absolute Gasteiger partial charge is 0.500 e. The van der Waals surface area contributed by atoms with Crippen LogP contribution in [0.5, 0.6) is 0 Å². The molecule has 0 unspecified atom stereocenters. The van der Waals surface area contributed by atoms with E-state index in [9.17, 15) is 0 Å². The molecule has 2 nitrogen and oxygen atoms in total. The highest BCUT2D eigenvalue weighted by atomic mass is 16.5. The van der Waals surface area contributed by atoms with Gasteiger partial charge < -0.3 is 4.74 Å². The van der Waals surface area contributed by atoms with E-state index in [0.29, 0.717) is 0 Å². The Morgan fingerprint density at radius 3 is 2.85 bits per heavy atom. The maximum Gasteiger partial charge on any atom is 0.109 e. The van der Waals surface area contributed by atoms with Gasteiger partial charge in [0.15, 0.2) is 0 Å². The zero-order chi connectivity index (χ0) is 9.68. The number of methoxy groups -OCH3 is 1. The van der Waals surface area contributed by atoms with Crippen LogP contribution in [-0.4, -0.2) is 32.1 Å². The Morgan fingerprint density at radius 1 is 1.46 bits per heavy atom. The number of hydrogen-bond donors (Lipinski definition) is 0. The van der Waals surface area contributed by atoms with Crippen molar-refractivity contribution in [1.82, 2.24) is 4.90 Å². The van der Waals surface area contributed by atoms with E-state index in [-0.39, 0.29) is 0 Å².